The van der Waals surface area contributed by atoms with Crippen LogP contribution in [0.5, 0.6) is 0 Å². The largest absolute Gasteiger partial charge is 0.389 e. The van der Waals surface area contributed by atoms with Crippen LogP contribution in [0, 0.1) is 17.7 Å². The maximum absolute atomic E-state index is 15.3. The van der Waals surface area contributed by atoms with Gasteiger partial charge in [0.15, 0.2) is 11.6 Å². The molecule has 1 saturated heterocycles. The predicted octanol–water partition coefficient (Wildman–Crippen LogP) is 0.963. The maximum atomic E-state index is 15.3. The summed E-state index contributed by atoms with van der Waals surface area (Å²) in [5.41, 5.74) is 3.74. The Morgan fingerprint density at radius 3 is 2.72 bits per heavy atom. The lowest BCUT2D eigenvalue weighted by molar-refractivity contribution is -0.127. The van der Waals surface area contributed by atoms with Gasteiger partial charge in [-0.2, -0.15) is 4.39 Å². The number of hydrogen-bond acceptors (Lipinski definition) is 8. The van der Waals surface area contributed by atoms with E-state index in [0.29, 0.717) is 19.0 Å². The number of amides is 1. The first-order valence-corrected chi connectivity index (χ1v) is 11.6. The van der Waals surface area contributed by atoms with Crippen LogP contribution >= 0.6 is 0 Å². The number of nitrogens with one attached hydrogen (secondary N) is 1. The molecule has 2 atom stereocenters. The number of piperidine rings is 1. The number of aromatic nitrogens is 2. The van der Waals surface area contributed by atoms with E-state index < -0.39 is 23.4 Å². The second-order valence-electron chi connectivity index (χ2n) is 9.45. The van der Waals surface area contributed by atoms with E-state index in [1.807, 2.05) is 11.8 Å². The van der Waals surface area contributed by atoms with Crippen molar-refractivity contribution in [1.29, 1.82) is 0 Å². The SMILES string of the molecule is CCN(C[C@H]1CC[C@H](C)CC1)c1ncnc(NC[C@@]2(O)CCN(CC(N)=O)C[C@@H]2O)c1F. The summed E-state index contributed by atoms with van der Waals surface area (Å²) < 4.78 is 15.3. The standard InChI is InChI=1S/C22H37FN6O3/c1-3-29(10-16-6-4-15(2)5-7-16)21-19(23)20(26-14-27-21)25-13-22(32)8-9-28(11-17(22)30)12-18(24)31/h14-17,30,32H,3-13H2,1-2H3,(H2,24,31)(H,25,26,27)/t15-,16-,17-,22-/m0/s1. The minimum Gasteiger partial charge on any atom is -0.389 e. The average molecular weight is 453 g/mol. The zero-order valence-corrected chi connectivity index (χ0v) is 19.1. The van der Waals surface area contributed by atoms with Crippen LogP contribution in [0.15, 0.2) is 6.33 Å². The number of β-amino-alcohol motifs (C(OH)–C–C–N with tert-alkyl or cyclic N) is 1. The number of aliphatic hydroxyl groups is 2. The predicted molar refractivity (Wildman–Crippen MR) is 121 cm³/mol. The van der Waals surface area contributed by atoms with Gasteiger partial charge < -0.3 is 26.2 Å². The van der Waals surface area contributed by atoms with Gasteiger partial charge in [-0.1, -0.05) is 19.8 Å². The van der Waals surface area contributed by atoms with Crippen LogP contribution in [0.25, 0.3) is 0 Å². The van der Waals surface area contributed by atoms with Crippen LogP contribution in [0.3, 0.4) is 0 Å². The Hall–Kier alpha value is -2.04. The molecule has 1 amide bonds. The van der Waals surface area contributed by atoms with E-state index in [2.05, 4.69) is 22.2 Å². The highest BCUT2D eigenvalue weighted by molar-refractivity contribution is 5.75. The molecule has 9 nitrogen and oxygen atoms in total. The number of rotatable bonds is 9. The van der Waals surface area contributed by atoms with Crippen LogP contribution in [-0.4, -0.2) is 82.0 Å². The summed E-state index contributed by atoms with van der Waals surface area (Å²) in [4.78, 5) is 23.0. The molecule has 2 aliphatic rings. The number of halogens is 1. The fraction of sp³-hybridized carbons (Fsp3) is 0.773. The third-order valence-corrected chi connectivity index (χ3v) is 6.92. The van der Waals surface area contributed by atoms with E-state index in [4.69, 9.17) is 5.73 Å². The smallest absolute Gasteiger partial charge is 0.231 e. The quantitative estimate of drug-likeness (QED) is 0.436. The van der Waals surface area contributed by atoms with Crippen LogP contribution < -0.4 is 16.0 Å². The van der Waals surface area contributed by atoms with Gasteiger partial charge in [-0.05, 0) is 38.0 Å². The summed E-state index contributed by atoms with van der Waals surface area (Å²) in [7, 11) is 0. The highest BCUT2D eigenvalue weighted by Gasteiger charge is 2.41. The molecule has 180 valence electrons. The number of nitrogens with two attached hydrogens (primary N) is 1. The zero-order valence-electron chi connectivity index (χ0n) is 19.1. The second-order valence-corrected chi connectivity index (χ2v) is 9.45. The number of likely N-dealkylation sites (tertiary alicyclic amines) is 1. The number of carbonyl (C=O) groups excluding carboxylic acids is 1. The molecule has 0 bridgehead atoms. The van der Waals surface area contributed by atoms with Gasteiger partial charge in [-0.3, -0.25) is 9.69 Å². The van der Waals surface area contributed by atoms with E-state index in [1.165, 1.54) is 19.2 Å². The average Bonchev–Trinajstić information content (AvgIpc) is 2.75. The lowest BCUT2D eigenvalue weighted by Gasteiger charge is -2.41. The van der Waals surface area contributed by atoms with Crippen LogP contribution in [0.1, 0.15) is 46.0 Å². The third kappa shape index (κ3) is 6.05. The molecule has 32 heavy (non-hydrogen) atoms. The highest BCUT2D eigenvalue weighted by Crippen LogP contribution is 2.31. The number of carbonyl (C=O) groups is 1. The topological polar surface area (TPSA) is 128 Å². The Kier molecular flexibility index (Phi) is 8.24. The number of hydrogen-bond donors (Lipinski definition) is 4. The van der Waals surface area contributed by atoms with E-state index in [1.54, 1.807) is 4.90 Å². The van der Waals surface area contributed by atoms with Crippen LogP contribution in [0.2, 0.25) is 0 Å². The third-order valence-electron chi connectivity index (χ3n) is 6.92. The highest BCUT2D eigenvalue weighted by atomic mass is 19.1. The van der Waals surface area contributed by atoms with Crippen molar-refractivity contribution in [3.63, 3.8) is 0 Å². The molecule has 1 saturated carbocycles. The molecule has 5 N–H and O–H groups in total. The van der Waals surface area contributed by atoms with E-state index in [9.17, 15) is 15.0 Å². The summed E-state index contributed by atoms with van der Waals surface area (Å²) in [6, 6.07) is 0. The Balaban J connectivity index is 1.63. The number of aliphatic hydroxyl groups excluding tert-OH is 1. The molecular formula is C22H37FN6O3. The molecule has 0 aromatic carbocycles. The molecule has 1 aromatic rings. The first-order chi connectivity index (χ1) is 15.2. The number of nitrogens with zero attached hydrogens (tertiary/aromatic N) is 4. The van der Waals surface area contributed by atoms with Crippen molar-refractivity contribution in [2.24, 2.45) is 17.6 Å². The molecule has 1 aliphatic carbocycles. The van der Waals surface area contributed by atoms with Gasteiger partial charge in [-0.15, -0.1) is 0 Å². The molecule has 2 fully saturated rings. The van der Waals surface area contributed by atoms with Crippen molar-refractivity contribution < 1.29 is 19.4 Å². The maximum Gasteiger partial charge on any atom is 0.231 e. The summed E-state index contributed by atoms with van der Waals surface area (Å²) in [5, 5.41) is 24.2. The van der Waals surface area contributed by atoms with Crippen LogP contribution in [-0.2, 0) is 4.79 Å². The molecule has 0 unspecified atom stereocenters. The first-order valence-electron chi connectivity index (χ1n) is 11.6. The van der Waals surface area contributed by atoms with Gasteiger partial charge in [0.25, 0.3) is 0 Å². The van der Waals surface area contributed by atoms with Crippen molar-refractivity contribution >= 4 is 17.5 Å². The van der Waals surface area contributed by atoms with Crippen molar-refractivity contribution in [2.45, 2.75) is 57.7 Å². The van der Waals surface area contributed by atoms with Crippen LogP contribution in [0.4, 0.5) is 16.0 Å². The van der Waals surface area contributed by atoms with Gasteiger partial charge in [0.1, 0.15) is 11.9 Å². The number of anilines is 2. The molecule has 0 spiro atoms. The summed E-state index contributed by atoms with van der Waals surface area (Å²) in [5.74, 6) is 0.510. The molecule has 2 heterocycles. The number of primary amides is 1. The summed E-state index contributed by atoms with van der Waals surface area (Å²) in [6.07, 6.45) is 5.14. The minimum absolute atomic E-state index is 0.00547. The van der Waals surface area contributed by atoms with E-state index in [-0.39, 0.29) is 37.7 Å². The van der Waals surface area contributed by atoms with E-state index in [0.717, 1.165) is 25.3 Å². The van der Waals surface area contributed by atoms with Crippen molar-refractivity contribution in [1.82, 2.24) is 14.9 Å². The van der Waals surface area contributed by atoms with Gasteiger partial charge in [0, 0.05) is 32.7 Å². The molecule has 1 aliphatic heterocycles. The molecular weight excluding hydrogens is 415 g/mol. The fourth-order valence-corrected chi connectivity index (χ4v) is 4.72. The van der Waals surface area contributed by atoms with Crippen molar-refractivity contribution in [3.05, 3.63) is 12.1 Å². The van der Waals surface area contributed by atoms with Crippen molar-refractivity contribution in [3.8, 4) is 0 Å². The lowest BCUT2D eigenvalue weighted by Crippen LogP contribution is -2.59. The monoisotopic (exact) mass is 452 g/mol. The summed E-state index contributed by atoms with van der Waals surface area (Å²) >= 11 is 0. The normalized spacial score (nSPS) is 29.0. The Bertz CT molecular complexity index is 776. The summed E-state index contributed by atoms with van der Waals surface area (Å²) in [6.45, 7) is 6.13. The molecule has 1 aromatic heterocycles. The Morgan fingerprint density at radius 2 is 2.09 bits per heavy atom. The Labute approximate surface area is 189 Å². The van der Waals surface area contributed by atoms with E-state index >= 15 is 4.39 Å². The minimum atomic E-state index is -1.46. The second kappa shape index (κ2) is 10.7. The first kappa shape index (κ1) is 24.6. The van der Waals surface area contributed by atoms with Gasteiger partial charge in [0.2, 0.25) is 11.7 Å². The van der Waals surface area contributed by atoms with Crippen molar-refractivity contribution in [2.75, 3.05) is 49.5 Å². The molecule has 3 rings (SSSR count). The molecule has 10 heteroatoms. The Morgan fingerprint density at radius 1 is 1.38 bits per heavy atom. The zero-order chi connectivity index (χ0) is 23.3. The van der Waals surface area contributed by atoms with Gasteiger partial charge in [0.05, 0.1) is 12.6 Å². The fourth-order valence-electron chi connectivity index (χ4n) is 4.72. The molecule has 0 radical (unpaired) electrons. The van der Waals surface area contributed by atoms with Gasteiger partial charge >= 0.3 is 0 Å². The lowest BCUT2D eigenvalue weighted by atomic mass is 9.83. The van der Waals surface area contributed by atoms with Gasteiger partial charge in [-0.25, -0.2) is 9.97 Å².